The van der Waals surface area contributed by atoms with Gasteiger partial charge in [-0.15, -0.1) is 0 Å². The van der Waals surface area contributed by atoms with Crippen molar-refractivity contribution in [2.24, 2.45) is 0 Å². The fourth-order valence-corrected chi connectivity index (χ4v) is 3.58. The lowest BCUT2D eigenvalue weighted by molar-refractivity contribution is -0.385. The van der Waals surface area contributed by atoms with Crippen molar-refractivity contribution in [3.63, 3.8) is 0 Å². The molecule has 3 rings (SSSR count). The van der Waals surface area contributed by atoms with Gasteiger partial charge < -0.3 is 15.5 Å². The highest BCUT2D eigenvalue weighted by molar-refractivity contribution is 6.23. The number of carbonyl (C=O) groups excluding carboxylic acids is 3. The standard InChI is InChI=1S/C22H21N3O8/c26-17-9-8-13(12-19(28)29)11-15(17)23-18(27)7-2-1-3-10-24-21(30)14-5-4-6-16(25(32)33)20(14)22(24)31/h4-6,8-9,11,26H,1-3,7,10,12H2,(H,23,27)(H,28,29). The van der Waals surface area contributed by atoms with E-state index >= 15 is 0 Å². The summed E-state index contributed by atoms with van der Waals surface area (Å²) in [6.45, 7) is 0.0726. The van der Waals surface area contributed by atoms with E-state index in [1.54, 1.807) is 0 Å². The Balaban J connectivity index is 1.48. The number of nitro groups is 1. The fourth-order valence-electron chi connectivity index (χ4n) is 3.58. The summed E-state index contributed by atoms with van der Waals surface area (Å²) in [7, 11) is 0. The van der Waals surface area contributed by atoms with E-state index < -0.39 is 28.4 Å². The summed E-state index contributed by atoms with van der Waals surface area (Å²) < 4.78 is 0. The molecule has 0 fully saturated rings. The Morgan fingerprint density at radius 3 is 2.52 bits per heavy atom. The quantitative estimate of drug-likeness (QED) is 0.162. The van der Waals surface area contributed by atoms with Crippen LogP contribution < -0.4 is 5.32 Å². The number of phenolic OH excluding ortho intramolecular Hbond substituents is 1. The third-order valence-electron chi connectivity index (χ3n) is 5.15. The van der Waals surface area contributed by atoms with Crippen LogP contribution in [0.3, 0.4) is 0 Å². The number of anilines is 1. The first kappa shape index (κ1) is 23.4. The zero-order valence-electron chi connectivity index (χ0n) is 17.4. The van der Waals surface area contributed by atoms with Crippen molar-refractivity contribution in [3.05, 3.63) is 63.2 Å². The maximum absolute atomic E-state index is 12.5. The van der Waals surface area contributed by atoms with Gasteiger partial charge in [0.05, 0.1) is 22.6 Å². The van der Waals surface area contributed by atoms with Crippen LogP contribution in [0.2, 0.25) is 0 Å². The third-order valence-corrected chi connectivity index (χ3v) is 5.15. The molecule has 11 nitrogen and oxygen atoms in total. The number of benzene rings is 2. The highest BCUT2D eigenvalue weighted by Gasteiger charge is 2.40. The number of phenols is 1. The topological polar surface area (TPSA) is 167 Å². The second kappa shape index (κ2) is 9.90. The fraction of sp³-hybridized carbons (Fsp3) is 0.273. The van der Waals surface area contributed by atoms with Crippen LogP contribution in [0.15, 0.2) is 36.4 Å². The Labute approximate surface area is 187 Å². The predicted molar refractivity (Wildman–Crippen MR) is 115 cm³/mol. The number of carboxylic acids is 1. The summed E-state index contributed by atoms with van der Waals surface area (Å²) in [5.74, 6) is -2.87. The minimum absolute atomic E-state index is 0.0125. The number of carboxylic acid groups (broad SMARTS) is 1. The molecule has 0 unspecified atom stereocenters. The third kappa shape index (κ3) is 5.32. The summed E-state index contributed by atoms with van der Waals surface area (Å²) in [5, 5.41) is 32.4. The number of rotatable bonds is 10. The summed E-state index contributed by atoms with van der Waals surface area (Å²) in [6.07, 6.45) is 1.21. The lowest BCUT2D eigenvalue weighted by Crippen LogP contribution is -2.30. The molecule has 0 aliphatic carbocycles. The summed E-state index contributed by atoms with van der Waals surface area (Å²) in [4.78, 5) is 59.3. The van der Waals surface area contributed by atoms with Gasteiger partial charge in [0.25, 0.3) is 17.5 Å². The van der Waals surface area contributed by atoms with Gasteiger partial charge in [0.15, 0.2) is 0 Å². The van der Waals surface area contributed by atoms with Gasteiger partial charge >= 0.3 is 5.97 Å². The smallest absolute Gasteiger partial charge is 0.307 e. The molecule has 1 aliphatic heterocycles. The van der Waals surface area contributed by atoms with E-state index in [2.05, 4.69) is 5.32 Å². The number of hydrogen-bond acceptors (Lipinski definition) is 7. The molecule has 33 heavy (non-hydrogen) atoms. The van der Waals surface area contributed by atoms with E-state index in [1.807, 2.05) is 0 Å². The van der Waals surface area contributed by atoms with Gasteiger partial charge in [0.2, 0.25) is 5.91 Å². The molecule has 2 aromatic carbocycles. The molecule has 1 aliphatic rings. The lowest BCUT2D eigenvalue weighted by Gasteiger charge is -2.13. The van der Waals surface area contributed by atoms with Crippen molar-refractivity contribution in [2.75, 3.05) is 11.9 Å². The second-order valence-corrected chi connectivity index (χ2v) is 7.50. The summed E-state index contributed by atoms with van der Waals surface area (Å²) >= 11 is 0. The van der Waals surface area contributed by atoms with Crippen LogP contribution in [0.1, 0.15) is 52.0 Å². The van der Waals surface area contributed by atoms with E-state index in [4.69, 9.17) is 5.11 Å². The van der Waals surface area contributed by atoms with Crippen LogP contribution in [-0.4, -0.2) is 50.3 Å². The molecule has 172 valence electrons. The molecule has 0 aromatic heterocycles. The molecule has 0 atom stereocenters. The first-order chi connectivity index (χ1) is 15.7. The van der Waals surface area contributed by atoms with Crippen molar-refractivity contribution in [1.29, 1.82) is 0 Å². The number of amides is 3. The zero-order chi connectivity index (χ0) is 24.1. The molecule has 11 heteroatoms. The molecule has 2 aromatic rings. The number of imide groups is 1. The number of carbonyl (C=O) groups is 4. The van der Waals surface area contributed by atoms with Gasteiger partial charge in [-0.1, -0.05) is 18.6 Å². The van der Waals surface area contributed by atoms with Gasteiger partial charge in [-0.2, -0.15) is 0 Å². The van der Waals surface area contributed by atoms with Crippen LogP contribution in [0, 0.1) is 10.1 Å². The van der Waals surface area contributed by atoms with Crippen LogP contribution in [0.5, 0.6) is 5.75 Å². The minimum atomic E-state index is -1.04. The number of hydrogen-bond donors (Lipinski definition) is 3. The Hall–Kier alpha value is -4.28. The maximum atomic E-state index is 12.5. The SMILES string of the molecule is O=C(O)Cc1ccc(O)c(NC(=O)CCCCCN2C(=O)c3cccc([N+](=O)[O-])c3C2=O)c1. The molecular weight excluding hydrogens is 434 g/mol. The zero-order valence-corrected chi connectivity index (χ0v) is 17.4. The molecule has 3 amide bonds. The Morgan fingerprint density at radius 2 is 1.82 bits per heavy atom. The highest BCUT2D eigenvalue weighted by Crippen LogP contribution is 2.31. The van der Waals surface area contributed by atoms with E-state index in [0.717, 1.165) is 4.90 Å². The van der Waals surface area contributed by atoms with Crippen molar-refractivity contribution < 1.29 is 34.3 Å². The number of fused-ring (bicyclic) bond motifs is 1. The van der Waals surface area contributed by atoms with E-state index in [1.165, 1.54) is 36.4 Å². The van der Waals surface area contributed by atoms with Crippen molar-refractivity contribution in [3.8, 4) is 5.75 Å². The van der Waals surface area contributed by atoms with Crippen molar-refractivity contribution in [1.82, 2.24) is 4.90 Å². The first-order valence-corrected chi connectivity index (χ1v) is 10.2. The number of aromatic hydroxyl groups is 1. The molecule has 0 radical (unpaired) electrons. The normalized spacial score (nSPS) is 12.5. The molecular formula is C22H21N3O8. The highest BCUT2D eigenvalue weighted by atomic mass is 16.6. The minimum Gasteiger partial charge on any atom is -0.506 e. The van der Waals surface area contributed by atoms with E-state index in [9.17, 15) is 34.4 Å². The molecule has 0 spiro atoms. The summed E-state index contributed by atoms with van der Waals surface area (Å²) in [6, 6.07) is 8.07. The lowest BCUT2D eigenvalue weighted by atomic mass is 10.1. The second-order valence-electron chi connectivity index (χ2n) is 7.50. The van der Waals surface area contributed by atoms with Crippen molar-refractivity contribution in [2.45, 2.75) is 32.1 Å². The first-order valence-electron chi connectivity index (χ1n) is 10.2. The summed E-state index contributed by atoms with van der Waals surface area (Å²) in [5.41, 5.74) is -0.0424. The molecule has 3 N–H and O–H groups in total. The Kier molecular flexibility index (Phi) is 7.01. The molecule has 0 saturated heterocycles. The monoisotopic (exact) mass is 455 g/mol. The predicted octanol–water partition coefficient (Wildman–Crippen LogP) is 2.72. The van der Waals surface area contributed by atoms with Gasteiger partial charge in [-0.25, -0.2) is 0 Å². The number of nitrogens with zero attached hydrogens (tertiary/aromatic N) is 2. The van der Waals surface area contributed by atoms with Gasteiger partial charge in [-0.05, 0) is 36.6 Å². The number of aliphatic carboxylic acids is 1. The average Bonchev–Trinajstić information content (AvgIpc) is 3.00. The Bertz CT molecular complexity index is 1140. The van der Waals surface area contributed by atoms with Crippen LogP contribution in [-0.2, 0) is 16.0 Å². The van der Waals surface area contributed by atoms with Crippen LogP contribution >= 0.6 is 0 Å². The molecule has 0 bridgehead atoms. The number of nitrogens with one attached hydrogen (secondary N) is 1. The van der Waals surface area contributed by atoms with Crippen molar-refractivity contribution >= 4 is 35.1 Å². The average molecular weight is 455 g/mol. The number of unbranched alkanes of at least 4 members (excludes halogenated alkanes) is 2. The van der Waals surface area contributed by atoms with Gasteiger partial charge in [0.1, 0.15) is 11.3 Å². The van der Waals surface area contributed by atoms with Crippen LogP contribution in [0.25, 0.3) is 0 Å². The molecule has 1 heterocycles. The maximum Gasteiger partial charge on any atom is 0.307 e. The van der Waals surface area contributed by atoms with E-state index in [0.29, 0.717) is 24.8 Å². The number of nitro benzene ring substituents is 1. The van der Waals surface area contributed by atoms with Gasteiger partial charge in [-0.3, -0.25) is 34.2 Å². The largest absolute Gasteiger partial charge is 0.506 e. The van der Waals surface area contributed by atoms with E-state index in [-0.39, 0.29) is 47.9 Å². The van der Waals surface area contributed by atoms with Crippen LogP contribution in [0.4, 0.5) is 11.4 Å². The Morgan fingerprint density at radius 1 is 1.06 bits per heavy atom. The molecule has 0 saturated carbocycles. The van der Waals surface area contributed by atoms with Gasteiger partial charge in [0, 0.05) is 19.0 Å².